The van der Waals surface area contributed by atoms with Crippen LogP contribution in [0.5, 0.6) is 0 Å². The zero-order valence-electron chi connectivity index (χ0n) is 17.9. The fourth-order valence-electron chi connectivity index (χ4n) is 4.71. The number of dihydropyridines is 1. The molecule has 0 aromatic heterocycles. The van der Waals surface area contributed by atoms with Gasteiger partial charge in [0.25, 0.3) is 0 Å². The van der Waals surface area contributed by atoms with Gasteiger partial charge in [0.2, 0.25) is 0 Å². The SMILES string of the molecule is COC(=O)C1=C(C)NC2=C(C(=O)C[C@H](c3ccc(Cl)cc3)C2)[C@@H]1c1ccccc1C(F)(F)F. The van der Waals surface area contributed by atoms with Crippen LogP contribution in [0.2, 0.25) is 5.02 Å². The van der Waals surface area contributed by atoms with Gasteiger partial charge in [0.1, 0.15) is 0 Å². The Morgan fingerprint density at radius 2 is 1.76 bits per heavy atom. The van der Waals surface area contributed by atoms with Crippen molar-refractivity contribution in [3.8, 4) is 0 Å². The Labute approximate surface area is 194 Å². The van der Waals surface area contributed by atoms with Crippen LogP contribution < -0.4 is 5.32 Å². The Bertz CT molecular complexity index is 1180. The minimum atomic E-state index is -4.65. The van der Waals surface area contributed by atoms with Crippen molar-refractivity contribution in [2.24, 2.45) is 0 Å². The van der Waals surface area contributed by atoms with E-state index in [1.54, 1.807) is 19.1 Å². The van der Waals surface area contributed by atoms with E-state index in [4.69, 9.17) is 16.3 Å². The molecule has 8 heteroatoms. The van der Waals surface area contributed by atoms with Crippen LogP contribution in [0.3, 0.4) is 0 Å². The average molecular weight is 476 g/mol. The number of esters is 1. The van der Waals surface area contributed by atoms with E-state index in [9.17, 15) is 22.8 Å². The van der Waals surface area contributed by atoms with Gasteiger partial charge in [-0.1, -0.05) is 41.9 Å². The molecule has 0 amide bonds. The van der Waals surface area contributed by atoms with Crippen LogP contribution in [-0.4, -0.2) is 18.9 Å². The van der Waals surface area contributed by atoms with E-state index in [0.717, 1.165) is 11.6 Å². The van der Waals surface area contributed by atoms with Gasteiger partial charge in [-0.2, -0.15) is 13.2 Å². The number of benzene rings is 2. The maximum absolute atomic E-state index is 13.9. The number of carbonyl (C=O) groups is 2. The predicted octanol–water partition coefficient (Wildman–Crippen LogP) is 5.89. The van der Waals surface area contributed by atoms with Crippen molar-refractivity contribution >= 4 is 23.4 Å². The summed E-state index contributed by atoms with van der Waals surface area (Å²) in [6.45, 7) is 1.61. The summed E-state index contributed by atoms with van der Waals surface area (Å²) in [7, 11) is 1.17. The Morgan fingerprint density at radius 3 is 2.39 bits per heavy atom. The first kappa shape index (κ1) is 23.1. The van der Waals surface area contributed by atoms with Crippen molar-refractivity contribution in [3.05, 3.63) is 92.8 Å². The van der Waals surface area contributed by atoms with E-state index in [0.29, 0.717) is 22.8 Å². The molecule has 1 N–H and O–H groups in total. The molecular weight excluding hydrogens is 455 g/mol. The van der Waals surface area contributed by atoms with Gasteiger partial charge in [0.15, 0.2) is 5.78 Å². The molecule has 0 radical (unpaired) electrons. The molecule has 0 unspecified atom stereocenters. The van der Waals surface area contributed by atoms with E-state index in [1.807, 2.05) is 12.1 Å². The number of alkyl halides is 3. The third-order valence-corrected chi connectivity index (χ3v) is 6.40. The number of halogens is 4. The lowest BCUT2D eigenvalue weighted by atomic mass is 9.71. The number of carbonyl (C=O) groups excluding carboxylic acids is 2. The molecule has 1 heterocycles. The summed E-state index contributed by atoms with van der Waals surface area (Å²) in [6, 6.07) is 12.2. The summed E-state index contributed by atoms with van der Waals surface area (Å²) < 4.78 is 46.6. The van der Waals surface area contributed by atoms with Crippen LogP contribution in [0, 0.1) is 0 Å². The summed E-state index contributed by atoms with van der Waals surface area (Å²) in [5.74, 6) is -2.42. The molecule has 2 atom stereocenters. The van der Waals surface area contributed by atoms with E-state index in [-0.39, 0.29) is 34.8 Å². The third kappa shape index (κ3) is 4.29. The first-order valence-corrected chi connectivity index (χ1v) is 10.7. The van der Waals surface area contributed by atoms with E-state index >= 15 is 0 Å². The lowest BCUT2D eigenvalue weighted by Gasteiger charge is -2.37. The van der Waals surface area contributed by atoms with E-state index in [2.05, 4.69) is 5.32 Å². The minimum Gasteiger partial charge on any atom is -0.466 e. The number of ether oxygens (including phenoxy) is 1. The van der Waals surface area contributed by atoms with Gasteiger partial charge in [-0.05, 0) is 48.6 Å². The Morgan fingerprint density at radius 1 is 1.09 bits per heavy atom. The molecule has 0 spiro atoms. The van der Waals surface area contributed by atoms with Crippen molar-refractivity contribution in [2.75, 3.05) is 7.11 Å². The second kappa shape index (κ2) is 8.71. The monoisotopic (exact) mass is 475 g/mol. The molecule has 33 heavy (non-hydrogen) atoms. The normalized spacial score (nSPS) is 21.0. The molecule has 1 aliphatic carbocycles. The van der Waals surface area contributed by atoms with Crippen LogP contribution in [0.4, 0.5) is 13.2 Å². The highest BCUT2D eigenvalue weighted by Gasteiger charge is 2.44. The molecule has 0 fully saturated rings. The maximum Gasteiger partial charge on any atom is 0.416 e. The number of hydrogen-bond acceptors (Lipinski definition) is 4. The number of nitrogens with one attached hydrogen (secondary N) is 1. The number of ketones is 1. The van der Waals surface area contributed by atoms with Gasteiger partial charge in [-0.15, -0.1) is 0 Å². The van der Waals surface area contributed by atoms with E-state index < -0.39 is 23.6 Å². The maximum atomic E-state index is 13.9. The summed E-state index contributed by atoms with van der Waals surface area (Å²) in [6.07, 6.45) is -4.12. The van der Waals surface area contributed by atoms with Crippen LogP contribution in [0.15, 0.2) is 71.1 Å². The van der Waals surface area contributed by atoms with Gasteiger partial charge in [-0.25, -0.2) is 4.79 Å². The number of rotatable bonds is 3. The zero-order chi connectivity index (χ0) is 23.9. The first-order valence-electron chi connectivity index (χ1n) is 10.4. The van der Waals surface area contributed by atoms with Crippen LogP contribution in [0.1, 0.15) is 48.3 Å². The molecule has 0 saturated carbocycles. The van der Waals surface area contributed by atoms with Gasteiger partial charge in [0.05, 0.1) is 18.2 Å². The quantitative estimate of drug-likeness (QED) is 0.562. The average Bonchev–Trinajstić information content (AvgIpc) is 2.77. The van der Waals surface area contributed by atoms with Crippen LogP contribution in [-0.2, 0) is 20.5 Å². The molecule has 4 rings (SSSR count). The van der Waals surface area contributed by atoms with Crippen molar-refractivity contribution < 1.29 is 27.5 Å². The molecule has 2 aromatic rings. The molecule has 2 aromatic carbocycles. The number of allylic oxidation sites excluding steroid dienone is 3. The molecular formula is C25H21ClF3NO3. The second-order valence-corrected chi connectivity index (χ2v) is 8.58. The van der Waals surface area contributed by atoms with Gasteiger partial charge < -0.3 is 10.1 Å². The van der Waals surface area contributed by atoms with Crippen molar-refractivity contribution in [1.82, 2.24) is 5.32 Å². The third-order valence-electron chi connectivity index (χ3n) is 6.15. The van der Waals surface area contributed by atoms with E-state index in [1.165, 1.54) is 25.3 Å². The summed E-state index contributed by atoms with van der Waals surface area (Å²) in [5.41, 5.74) is 0.969. The van der Waals surface area contributed by atoms with Crippen molar-refractivity contribution in [2.45, 2.75) is 37.8 Å². The second-order valence-electron chi connectivity index (χ2n) is 8.15. The molecule has 0 saturated heterocycles. The standard InChI is InChI=1S/C25H21ClF3NO3/c1-13-21(24(32)33-2)22(17-5-3-4-6-18(17)25(27,28)29)23-19(30-13)11-15(12-20(23)31)14-7-9-16(26)10-8-14/h3-10,15,22,30H,11-12H2,1-2H3/t15-,22-/m1/s1. The molecule has 0 bridgehead atoms. The van der Waals surface area contributed by atoms with Gasteiger partial charge in [-0.3, -0.25) is 4.79 Å². The lowest BCUT2D eigenvalue weighted by molar-refractivity contribution is -0.139. The number of methoxy groups -OCH3 is 1. The van der Waals surface area contributed by atoms with Crippen LogP contribution >= 0.6 is 11.6 Å². The molecule has 172 valence electrons. The Hall–Kier alpha value is -3.06. The topological polar surface area (TPSA) is 55.4 Å². The Kier molecular flexibility index (Phi) is 6.10. The van der Waals surface area contributed by atoms with Crippen molar-refractivity contribution in [1.29, 1.82) is 0 Å². The predicted molar refractivity (Wildman–Crippen MR) is 117 cm³/mol. The zero-order valence-corrected chi connectivity index (χ0v) is 18.7. The number of hydrogen-bond donors (Lipinski definition) is 1. The highest BCUT2D eigenvalue weighted by Crippen LogP contribution is 2.48. The lowest BCUT2D eigenvalue weighted by Crippen LogP contribution is -2.36. The fourth-order valence-corrected chi connectivity index (χ4v) is 4.83. The van der Waals surface area contributed by atoms with Crippen LogP contribution in [0.25, 0.3) is 0 Å². The molecule has 1 aliphatic heterocycles. The smallest absolute Gasteiger partial charge is 0.416 e. The van der Waals surface area contributed by atoms with Gasteiger partial charge >= 0.3 is 12.1 Å². The number of Topliss-reactive ketones (excluding diaryl/α,β-unsaturated/α-hetero) is 1. The first-order chi connectivity index (χ1) is 15.6. The molecule has 4 nitrogen and oxygen atoms in total. The summed E-state index contributed by atoms with van der Waals surface area (Å²) in [4.78, 5) is 26.1. The van der Waals surface area contributed by atoms with Gasteiger partial charge in [0, 0.05) is 34.3 Å². The molecule has 2 aliphatic rings. The highest BCUT2D eigenvalue weighted by atomic mass is 35.5. The largest absolute Gasteiger partial charge is 0.466 e. The van der Waals surface area contributed by atoms with Crippen molar-refractivity contribution in [3.63, 3.8) is 0 Å². The summed E-state index contributed by atoms with van der Waals surface area (Å²) in [5, 5.41) is 3.68. The fraction of sp³-hybridized carbons (Fsp3) is 0.280. The minimum absolute atomic E-state index is 0.00578. The highest BCUT2D eigenvalue weighted by molar-refractivity contribution is 6.30. The summed E-state index contributed by atoms with van der Waals surface area (Å²) >= 11 is 5.98. The Balaban J connectivity index is 1.87.